The van der Waals surface area contributed by atoms with E-state index in [1.165, 1.54) is 16.0 Å². The molecule has 5 heteroatoms. The van der Waals surface area contributed by atoms with Gasteiger partial charge in [-0.1, -0.05) is 30.3 Å². The number of thiophene rings is 1. The van der Waals surface area contributed by atoms with Gasteiger partial charge in [-0.05, 0) is 29.5 Å². The lowest BCUT2D eigenvalue weighted by Crippen LogP contribution is -2.49. The highest BCUT2D eigenvalue weighted by molar-refractivity contribution is 7.09. The highest BCUT2D eigenvalue weighted by Gasteiger charge is 2.21. The van der Waals surface area contributed by atoms with Crippen LogP contribution in [0.2, 0.25) is 0 Å². The lowest BCUT2D eigenvalue weighted by atomic mass is 10.1. The Hall–Kier alpha value is -1.69. The van der Waals surface area contributed by atoms with E-state index in [0.29, 0.717) is 13.1 Å². The molecule has 0 aliphatic carbocycles. The van der Waals surface area contributed by atoms with Crippen molar-refractivity contribution < 1.29 is 4.79 Å². The van der Waals surface area contributed by atoms with Crippen LogP contribution in [0.3, 0.4) is 0 Å². The summed E-state index contributed by atoms with van der Waals surface area (Å²) in [6, 6.07) is 12.6. The first kappa shape index (κ1) is 18.1. The smallest absolute Gasteiger partial charge is 0.236 e. The number of carbonyl (C=O) groups excluding carboxylic acids is 1. The summed E-state index contributed by atoms with van der Waals surface area (Å²) < 4.78 is 0. The summed E-state index contributed by atoms with van der Waals surface area (Å²) in [5, 5.41) is 2.13. The van der Waals surface area contributed by atoms with E-state index in [-0.39, 0.29) is 5.91 Å². The van der Waals surface area contributed by atoms with Crippen LogP contribution in [-0.2, 0) is 17.9 Å². The number of nitrogens with zero attached hydrogens (tertiary/aromatic N) is 3. The van der Waals surface area contributed by atoms with Crippen LogP contribution < -0.4 is 0 Å². The molecule has 4 nitrogen and oxygen atoms in total. The highest BCUT2D eigenvalue weighted by atomic mass is 32.1. The van der Waals surface area contributed by atoms with Gasteiger partial charge in [-0.3, -0.25) is 14.6 Å². The van der Waals surface area contributed by atoms with Gasteiger partial charge in [0.2, 0.25) is 5.91 Å². The van der Waals surface area contributed by atoms with Crippen LogP contribution in [-0.4, -0.2) is 60.4 Å². The molecule has 1 aliphatic rings. The Morgan fingerprint density at radius 3 is 2.48 bits per heavy atom. The summed E-state index contributed by atoms with van der Waals surface area (Å²) in [4.78, 5) is 20.6. The van der Waals surface area contributed by atoms with Crippen molar-refractivity contribution in [3.8, 4) is 0 Å². The molecule has 1 aliphatic heterocycles. The van der Waals surface area contributed by atoms with Crippen molar-refractivity contribution in [1.82, 2.24) is 14.7 Å². The molecule has 0 bridgehead atoms. The predicted octanol–water partition coefficient (Wildman–Crippen LogP) is 2.83. The maximum absolute atomic E-state index is 12.5. The van der Waals surface area contributed by atoms with Crippen LogP contribution in [0.1, 0.15) is 16.0 Å². The first-order valence-corrected chi connectivity index (χ1v) is 9.75. The van der Waals surface area contributed by atoms with E-state index in [1.54, 1.807) is 0 Å². The summed E-state index contributed by atoms with van der Waals surface area (Å²) in [5.74, 6) is 0.204. The van der Waals surface area contributed by atoms with E-state index < -0.39 is 0 Å². The van der Waals surface area contributed by atoms with Crippen molar-refractivity contribution in [2.75, 3.05) is 39.8 Å². The van der Waals surface area contributed by atoms with Crippen LogP contribution in [0, 0.1) is 6.92 Å². The highest BCUT2D eigenvalue weighted by Crippen LogP contribution is 2.14. The van der Waals surface area contributed by atoms with Gasteiger partial charge in [0, 0.05) is 51.2 Å². The van der Waals surface area contributed by atoms with E-state index in [2.05, 4.69) is 46.4 Å². The standard InChI is InChI=1S/C20H27N3OS/c1-17-6-3-4-7-18(17)14-21(2)20(24)16-23-11-9-22(10-12-23)15-19-8-5-13-25-19/h3-8,13H,9-12,14-16H2,1-2H3. The molecule has 1 amide bonds. The monoisotopic (exact) mass is 357 g/mol. The van der Waals surface area contributed by atoms with Gasteiger partial charge in [0.15, 0.2) is 0 Å². The first-order chi connectivity index (χ1) is 12.1. The second kappa shape index (κ2) is 8.61. The fourth-order valence-corrected chi connectivity index (χ4v) is 3.92. The van der Waals surface area contributed by atoms with Crippen molar-refractivity contribution in [2.24, 2.45) is 0 Å². The van der Waals surface area contributed by atoms with Gasteiger partial charge in [-0.15, -0.1) is 11.3 Å². The zero-order valence-electron chi connectivity index (χ0n) is 15.1. The van der Waals surface area contributed by atoms with E-state index in [0.717, 1.165) is 32.7 Å². The van der Waals surface area contributed by atoms with Gasteiger partial charge in [-0.25, -0.2) is 0 Å². The zero-order valence-corrected chi connectivity index (χ0v) is 16.0. The molecule has 3 rings (SSSR count). The molecule has 0 spiro atoms. The lowest BCUT2D eigenvalue weighted by Gasteiger charge is -2.34. The SMILES string of the molecule is Cc1ccccc1CN(C)C(=O)CN1CCN(Cc2cccs2)CC1. The van der Waals surface area contributed by atoms with Crippen LogP contribution >= 0.6 is 11.3 Å². The first-order valence-electron chi connectivity index (χ1n) is 8.87. The Morgan fingerprint density at radius 1 is 1.08 bits per heavy atom. The zero-order chi connectivity index (χ0) is 17.6. The van der Waals surface area contributed by atoms with Gasteiger partial charge < -0.3 is 4.90 Å². The molecule has 0 radical (unpaired) electrons. The van der Waals surface area contributed by atoms with Crippen LogP contribution in [0.5, 0.6) is 0 Å². The fraction of sp³-hybridized carbons (Fsp3) is 0.450. The number of hydrogen-bond acceptors (Lipinski definition) is 4. The van der Waals surface area contributed by atoms with Gasteiger partial charge in [0.05, 0.1) is 6.54 Å². The Bertz CT molecular complexity index is 678. The number of carbonyl (C=O) groups is 1. The summed E-state index contributed by atoms with van der Waals surface area (Å²) in [6.45, 7) is 8.34. The second-order valence-electron chi connectivity index (χ2n) is 6.81. The molecule has 1 aromatic carbocycles. The third-order valence-electron chi connectivity index (χ3n) is 4.88. The maximum atomic E-state index is 12.5. The average Bonchev–Trinajstić information content (AvgIpc) is 3.11. The Kier molecular flexibility index (Phi) is 6.24. The molecule has 2 aromatic rings. The minimum absolute atomic E-state index is 0.204. The van der Waals surface area contributed by atoms with Crippen molar-refractivity contribution >= 4 is 17.2 Å². The average molecular weight is 358 g/mol. The second-order valence-corrected chi connectivity index (χ2v) is 7.84. The van der Waals surface area contributed by atoms with Crippen LogP contribution in [0.25, 0.3) is 0 Å². The quantitative estimate of drug-likeness (QED) is 0.795. The molecule has 0 saturated carbocycles. The van der Waals surface area contributed by atoms with Gasteiger partial charge in [0.25, 0.3) is 0 Å². The number of aryl methyl sites for hydroxylation is 1. The molecule has 25 heavy (non-hydrogen) atoms. The number of benzene rings is 1. The Labute approximate surface area is 154 Å². The van der Waals surface area contributed by atoms with E-state index >= 15 is 0 Å². The molecule has 0 N–H and O–H groups in total. The van der Waals surface area contributed by atoms with Gasteiger partial charge >= 0.3 is 0 Å². The number of rotatable bonds is 6. The van der Waals surface area contributed by atoms with Crippen molar-refractivity contribution in [1.29, 1.82) is 0 Å². The van der Waals surface area contributed by atoms with Crippen LogP contribution in [0.15, 0.2) is 41.8 Å². The summed E-state index contributed by atoms with van der Waals surface area (Å²) in [5.41, 5.74) is 2.46. The molecule has 0 unspecified atom stereocenters. The maximum Gasteiger partial charge on any atom is 0.236 e. The topological polar surface area (TPSA) is 26.8 Å². The number of amides is 1. The minimum Gasteiger partial charge on any atom is -0.340 e. The van der Waals surface area contributed by atoms with Crippen molar-refractivity contribution in [3.63, 3.8) is 0 Å². The summed E-state index contributed by atoms with van der Waals surface area (Å²) in [6.07, 6.45) is 0. The summed E-state index contributed by atoms with van der Waals surface area (Å²) in [7, 11) is 1.90. The summed E-state index contributed by atoms with van der Waals surface area (Å²) >= 11 is 1.82. The number of piperazine rings is 1. The van der Waals surface area contributed by atoms with Gasteiger partial charge in [-0.2, -0.15) is 0 Å². The lowest BCUT2D eigenvalue weighted by molar-refractivity contribution is -0.132. The normalized spacial score (nSPS) is 16.1. The van der Waals surface area contributed by atoms with Crippen LogP contribution in [0.4, 0.5) is 0 Å². The molecule has 134 valence electrons. The molecule has 2 heterocycles. The minimum atomic E-state index is 0.204. The predicted molar refractivity (Wildman–Crippen MR) is 104 cm³/mol. The van der Waals surface area contributed by atoms with Gasteiger partial charge in [0.1, 0.15) is 0 Å². The third kappa shape index (κ3) is 5.14. The van der Waals surface area contributed by atoms with E-state index in [9.17, 15) is 4.79 Å². The molecular weight excluding hydrogens is 330 g/mol. The van der Waals surface area contributed by atoms with Crippen molar-refractivity contribution in [3.05, 3.63) is 57.8 Å². The Balaban J connectivity index is 1.43. The van der Waals surface area contributed by atoms with Crippen molar-refractivity contribution in [2.45, 2.75) is 20.0 Å². The Morgan fingerprint density at radius 2 is 1.80 bits per heavy atom. The molecular formula is C20H27N3OS. The number of likely N-dealkylation sites (N-methyl/N-ethyl adjacent to an activating group) is 1. The number of hydrogen-bond donors (Lipinski definition) is 0. The largest absolute Gasteiger partial charge is 0.340 e. The molecule has 1 fully saturated rings. The third-order valence-corrected chi connectivity index (χ3v) is 5.74. The molecule has 1 saturated heterocycles. The molecule has 0 atom stereocenters. The van der Waals surface area contributed by atoms with E-state index in [1.807, 2.05) is 35.4 Å². The molecule has 1 aromatic heterocycles. The fourth-order valence-electron chi connectivity index (χ4n) is 3.17. The van der Waals surface area contributed by atoms with E-state index in [4.69, 9.17) is 0 Å².